The summed E-state index contributed by atoms with van der Waals surface area (Å²) in [6, 6.07) is 0. The predicted molar refractivity (Wildman–Crippen MR) is 63.6 cm³/mol. The third-order valence-electron chi connectivity index (χ3n) is 1.99. The van der Waals surface area contributed by atoms with Crippen molar-refractivity contribution in [2.45, 2.75) is 38.2 Å². The molecule has 18 heavy (non-hydrogen) atoms. The van der Waals surface area contributed by atoms with E-state index in [9.17, 15) is 18.0 Å². The SMILES string of the molecule is CC(C)CC(Cl)CNC(=O)CCOCC(F)(F)F. The van der Waals surface area contributed by atoms with E-state index in [1.165, 1.54) is 0 Å². The molecule has 3 nitrogen and oxygen atoms in total. The van der Waals surface area contributed by atoms with Gasteiger partial charge in [-0.2, -0.15) is 13.2 Å². The minimum atomic E-state index is -4.35. The van der Waals surface area contributed by atoms with Gasteiger partial charge >= 0.3 is 6.18 Å². The average Bonchev–Trinajstić information content (AvgIpc) is 2.19. The van der Waals surface area contributed by atoms with Gasteiger partial charge in [-0.15, -0.1) is 11.6 Å². The normalized spacial score (nSPS) is 13.7. The number of amides is 1. The van der Waals surface area contributed by atoms with Crippen LogP contribution in [0.25, 0.3) is 0 Å². The minimum Gasteiger partial charge on any atom is -0.372 e. The summed E-state index contributed by atoms with van der Waals surface area (Å²) >= 11 is 5.95. The van der Waals surface area contributed by atoms with Crippen LogP contribution in [-0.4, -0.2) is 37.2 Å². The fraction of sp³-hybridized carbons (Fsp3) is 0.909. The number of nitrogens with one attached hydrogen (secondary N) is 1. The van der Waals surface area contributed by atoms with Crippen LogP contribution >= 0.6 is 11.6 Å². The Morgan fingerprint density at radius 2 is 2.00 bits per heavy atom. The number of halogens is 4. The summed E-state index contributed by atoms with van der Waals surface area (Å²) in [5, 5.41) is 2.39. The Kier molecular flexibility index (Phi) is 8.35. The van der Waals surface area contributed by atoms with Gasteiger partial charge in [0.25, 0.3) is 0 Å². The van der Waals surface area contributed by atoms with E-state index in [2.05, 4.69) is 10.1 Å². The smallest absolute Gasteiger partial charge is 0.372 e. The summed E-state index contributed by atoms with van der Waals surface area (Å²) in [6.45, 7) is 2.77. The lowest BCUT2D eigenvalue weighted by Crippen LogP contribution is -2.31. The van der Waals surface area contributed by atoms with Gasteiger partial charge in [-0.05, 0) is 12.3 Å². The lowest BCUT2D eigenvalue weighted by Gasteiger charge is -2.13. The third kappa shape index (κ3) is 12.0. The van der Waals surface area contributed by atoms with Gasteiger partial charge in [-0.3, -0.25) is 4.79 Å². The van der Waals surface area contributed by atoms with Gasteiger partial charge in [0.05, 0.1) is 12.0 Å². The molecule has 1 unspecified atom stereocenters. The first-order valence-electron chi connectivity index (χ1n) is 5.76. The molecule has 7 heteroatoms. The number of hydrogen-bond acceptors (Lipinski definition) is 2. The largest absolute Gasteiger partial charge is 0.411 e. The van der Waals surface area contributed by atoms with E-state index in [1.807, 2.05) is 13.8 Å². The minimum absolute atomic E-state index is 0.0959. The maximum absolute atomic E-state index is 11.7. The van der Waals surface area contributed by atoms with Crippen LogP contribution in [0, 0.1) is 5.92 Å². The molecule has 0 aliphatic heterocycles. The Balaban J connectivity index is 3.54. The quantitative estimate of drug-likeness (QED) is 0.551. The van der Waals surface area contributed by atoms with Crippen LogP contribution < -0.4 is 5.32 Å². The van der Waals surface area contributed by atoms with Crippen molar-refractivity contribution in [2.24, 2.45) is 5.92 Å². The second-order valence-corrected chi connectivity index (χ2v) is 5.07. The van der Waals surface area contributed by atoms with Crippen LogP contribution in [0.4, 0.5) is 13.2 Å². The molecule has 1 N–H and O–H groups in total. The highest BCUT2D eigenvalue weighted by molar-refractivity contribution is 6.20. The second-order valence-electron chi connectivity index (χ2n) is 4.45. The Bertz CT molecular complexity index is 247. The molecule has 0 radical (unpaired) electrons. The molecule has 108 valence electrons. The molecule has 0 aromatic heterocycles. The van der Waals surface area contributed by atoms with E-state index in [0.29, 0.717) is 12.5 Å². The lowest BCUT2D eigenvalue weighted by molar-refractivity contribution is -0.174. The molecular weight excluding hydrogens is 271 g/mol. The zero-order valence-corrected chi connectivity index (χ0v) is 11.3. The van der Waals surface area contributed by atoms with Crippen molar-refractivity contribution in [1.29, 1.82) is 0 Å². The maximum Gasteiger partial charge on any atom is 0.411 e. The lowest BCUT2D eigenvalue weighted by atomic mass is 10.1. The van der Waals surface area contributed by atoms with Crippen molar-refractivity contribution >= 4 is 17.5 Å². The summed E-state index contributed by atoms with van der Waals surface area (Å²) in [6.07, 6.45) is -3.68. The number of ether oxygens (including phenoxy) is 1. The first-order chi connectivity index (χ1) is 8.20. The first-order valence-corrected chi connectivity index (χ1v) is 6.19. The summed E-state index contributed by atoms with van der Waals surface area (Å²) in [7, 11) is 0. The molecule has 0 saturated carbocycles. The number of carbonyl (C=O) groups excluding carboxylic acids is 1. The van der Waals surface area contributed by atoms with E-state index in [1.54, 1.807) is 0 Å². The molecule has 0 aliphatic carbocycles. The zero-order valence-electron chi connectivity index (χ0n) is 10.5. The molecule has 0 fully saturated rings. The monoisotopic (exact) mass is 289 g/mol. The van der Waals surface area contributed by atoms with Crippen LogP contribution in [0.3, 0.4) is 0 Å². The highest BCUT2D eigenvalue weighted by Gasteiger charge is 2.27. The molecule has 0 heterocycles. The average molecular weight is 290 g/mol. The standard InChI is InChI=1S/C11H19ClF3NO2/c1-8(2)5-9(12)6-16-10(17)3-4-18-7-11(13,14)15/h8-9H,3-7H2,1-2H3,(H,16,17). The molecule has 0 aromatic rings. The van der Waals surface area contributed by atoms with Gasteiger partial charge in [0, 0.05) is 13.0 Å². The summed E-state index contributed by atoms with van der Waals surface area (Å²) in [5.41, 5.74) is 0. The number of rotatable bonds is 8. The molecular formula is C11H19ClF3NO2. The van der Waals surface area contributed by atoms with E-state index in [0.717, 1.165) is 6.42 Å². The van der Waals surface area contributed by atoms with Gasteiger partial charge in [0.15, 0.2) is 0 Å². The molecule has 0 aromatic carbocycles. The van der Waals surface area contributed by atoms with Crippen LogP contribution in [0.2, 0.25) is 0 Å². The van der Waals surface area contributed by atoms with Gasteiger partial charge in [-0.1, -0.05) is 13.8 Å². The van der Waals surface area contributed by atoms with E-state index in [-0.39, 0.29) is 24.3 Å². The molecule has 1 amide bonds. The summed E-state index contributed by atoms with van der Waals surface area (Å²) in [4.78, 5) is 11.2. The number of carbonyl (C=O) groups is 1. The fourth-order valence-electron chi connectivity index (χ4n) is 1.26. The molecule has 1 atom stereocenters. The molecule has 0 bridgehead atoms. The molecule has 0 aliphatic rings. The Morgan fingerprint density at radius 1 is 1.39 bits per heavy atom. The summed E-state index contributed by atoms with van der Waals surface area (Å²) in [5.74, 6) is 0.0751. The van der Waals surface area contributed by atoms with Crippen molar-refractivity contribution in [3.05, 3.63) is 0 Å². The van der Waals surface area contributed by atoms with Gasteiger partial charge in [-0.25, -0.2) is 0 Å². The van der Waals surface area contributed by atoms with Crippen molar-refractivity contribution < 1.29 is 22.7 Å². The Hall–Kier alpha value is -0.490. The predicted octanol–water partition coefficient (Wildman–Crippen LogP) is 2.73. The van der Waals surface area contributed by atoms with Crippen LogP contribution in [0.5, 0.6) is 0 Å². The highest BCUT2D eigenvalue weighted by Crippen LogP contribution is 2.14. The van der Waals surface area contributed by atoms with Crippen LogP contribution in [-0.2, 0) is 9.53 Å². The van der Waals surface area contributed by atoms with Gasteiger partial charge < -0.3 is 10.1 Å². The van der Waals surface area contributed by atoms with E-state index in [4.69, 9.17) is 11.6 Å². The highest BCUT2D eigenvalue weighted by atomic mass is 35.5. The van der Waals surface area contributed by atoms with Gasteiger partial charge in [0.2, 0.25) is 5.91 Å². The van der Waals surface area contributed by atoms with E-state index >= 15 is 0 Å². The first kappa shape index (κ1) is 17.5. The second kappa shape index (κ2) is 8.58. The topological polar surface area (TPSA) is 38.3 Å². The molecule has 0 spiro atoms. The van der Waals surface area contributed by atoms with Crippen LogP contribution in [0.1, 0.15) is 26.7 Å². The maximum atomic E-state index is 11.7. The van der Waals surface area contributed by atoms with Crippen molar-refractivity contribution in [3.63, 3.8) is 0 Å². The summed E-state index contributed by atoms with van der Waals surface area (Å²) < 4.78 is 39.5. The van der Waals surface area contributed by atoms with Crippen LogP contribution in [0.15, 0.2) is 0 Å². The fourth-order valence-corrected chi connectivity index (χ4v) is 1.69. The molecule has 0 rings (SSSR count). The third-order valence-corrected chi connectivity index (χ3v) is 2.32. The molecule has 0 saturated heterocycles. The van der Waals surface area contributed by atoms with Crippen molar-refractivity contribution in [1.82, 2.24) is 5.32 Å². The Morgan fingerprint density at radius 3 is 2.50 bits per heavy atom. The van der Waals surface area contributed by atoms with E-state index < -0.39 is 12.8 Å². The number of alkyl halides is 4. The number of hydrogen-bond donors (Lipinski definition) is 1. The van der Waals surface area contributed by atoms with Crippen molar-refractivity contribution in [2.75, 3.05) is 19.8 Å². The zero-order chi connectivity index (χ0) is 14.2. The van der Waals surface area contributed by atoms with Gasteiger partial charge in [0.1, 0.15) is 6.61 Å². The van der Waals surface area contributed by atoms with Crippen molar-refractivity contribution in [3.8, 4) is 0 Å². The Labute approximate surface area is 110 Å².